The molecule has 1 saturated heterocycles. The van der Waals surface area contributed by atoms with Crippen LogP contribution in [0.4, 0.5) is 13.2 Å². The highest BCUT2D eigenvalue weighted by Gasteiger charge is 2.36. The van der Waals surface area contributed by atoms with Crippen molar-refractivity contribution in [2.45, 2.75) is 64.6 Å². The van der Waals surface area contributed by atoms with Crippen LogP contribution < -0.4 is 10.1 Å². The van der Waals surface area contributed by atoms with E-state index in [9.17, 15) is 18.0 Å². The molecule has 2 aromatic rings. The third-order valence-electron chi connectivity index (χ3n) is 6.10. The molecular weight excluding hydrogens is 441 g/mol. The number of pyridine rings is 1. The number of carbonyl (C=O) groups excluding carboxylic acids is 1. The van der Waals surface area contributed by atoms with Gasteiger partial charge in [-0.25, -0.2) is 9.37 Å². The molecule has 6 nitrogen and oxygen atoms in total. The number of alkyl halides is 2. The number of hydrogen-bond donors (Lipinski definition) is 1. The first kappa shape index (κ1) is 22.9. The van der Waals surface area contributed by atoms with Crippen LogP contribution in [0, 0.1) is 11.7 Å². The van der Waals surface area contributed by atoms with E-state index in [0.717, 1.165) is 41.4 Å². The van der Waals surface area contributed by atoms with E-state index in [-0.39, 0.29) is 34.8 Å². The number of fused-ring (bicyclic) bond motifs is 1. The molecule has 174 valence electrons. The quantitative estimate of drug-likeness (QED) is 0.681. The molecule has 4 rings (SSSR count). The van der Waals surface area contributed by atoms with Crippen LogP contribution in [-0.4, -0.2) is 44.3 Å². The minimum absolute atomic E-state index is 0.00950. The smallest absolute Gasteiger partial charge is 0.388 e. The number of rotatable bonds is 6. The standard InChI is InChI=1S/C22H27F3N4O2S/c1-12(2)29-17-8-13(20(30)27-22(3)6-7-32-11-22)4-5-14(17)19(28-29)15-9-18(31-21(24)25)26-10-16(15)23/h9-10,12-13,21H,4-8,11H2,1-3H3,(H,27,30). The predicted octanol–water partition coefficient (Wildman–Crippen LogP) is 4.38. The number of thioether (sulfide) groups is 1. The lowest BCUT2D eigenvalue weighted by Gasteiger charge is -2.30. The Morgan fingerprint density at radius 3 is 2.84 bits per heavy atom. The minimum Gasteiger partial charge on any atom is -0.417 e. The lowest BCUT2D eigenvalue weighted by atomic mass is 9.84. The van der Waals surface area contributed by atoms with Crippen LogP contribution >= 0.6 is 11.8 Å². The fourth-order valence-electron chi connectivity index (χ4n) is 4.43. The molecule has 0 aromatic carbocycles. The molecule has 3 heterocycles. The average Bonchev–Trinajstić information content (AvgIpc) is 3.32. The Morgan fingerprint density at radius 2 is 2.19 bits per heavy atom. The van der Waals surface area contributed by atoms with Crippen molar-refractivity contribution in [2.75, 3.05) is 11.5 Å². The van der Waals surface area contributed by atoms with Crippen LogP contribution in [0.2, 0.25) is 0 Å². The van der Waals surface area contributed by atoms with Gasteiger partial charge >= 0.3 is 6.61 Å². The Morgan fingerprint density at radius 1 is 1.41 bits per heavy atom. The summed E-state index contributed by atoms with van der Waals surface area (Å²) in [4.78, 5) is 16.6. The molecule has 0 radical (unpaired) electrons. The van der Waals surface area contributed by atoms with E-state index in [1.807, 2.05) is 30.3 Å². The minimum atomic E-state index is -3.05. The summed E-state index contributed by atoms with van der Waals surface area (Å²) in [7, 11) is 0. The second-order valence-corrected chi connectivity index (χ2v) is 10.1. The number of nitrogens with zero attached hydrogens (tertiary/aromatic N) is 3. The number of hydrogen-bond acceptors (Lipinski definition) is 5. The van der Waals surface area contributed by atoms with Crippen molar-refractivity contribution in [1.82, 2.24) is 20.1 Å². The van der Waals surface area contributed by atoms with Crippen molar-refractivity contribution in [1.29, 1.82) is 0 Å². The van der Waals surface area contributed by atoms with Crippen molar-refractivity contribution in [3.63, 3.8) is 0 Å². The second-order valence-electron chi connectivity index (χ2n) is 8.99. The number of nitrogens with one attached hydrogen (secondary N) is 1. The van der Waals surface area contributed by atoms with E-state index in [1.165, 1.54) is 0 Å². The fraction of sp³-hybridized carbons (Fsp3) is 0.591. The third kappa shape index (κ3) is 4.60. The van der Waals surface area contributed by atoms with E-state index < -0.39 is 12.4 Å². The maximum absolute atomic E-state index is 14.6. The van der Waals surface area contributed by atoms with Gasteiger partial charge in [0.25, 0.3) is 0 Å². The van der Waals surface area contributed by atoms with Gasteiger partial charge in [0.15, 0.2) is 5.82 Å². The van der Waals surface area contributed by atoms with Gasteiger partial charge in [-0.1, -0.05) is 0 Å². The highest BCUT2D eigenvalue weighted by molar-refractivity contribution is 7.99. The van der Waals surface area contributed by atoms with Crippen molar-refractivity contribution >= 4 is 17.7 Å². The molecule has 32 heavy (non-hydrogen) atoms. The monoisotopic (exact) mass is 468 g/mol. The summed E-state index contributed by atoms with van der Waals surface area (Å²) in [5.41, 5.74) is 2.03. The zero-order chi connectivity index (χ0) is 23.0. The molecule has 2 atom stereocenters. The predicted molar refractivity (Wildman–Crippen MR) is 116 cm³/mol. The molecule has 1 N–H and O–H groups in total. The molecule has 1 amide bonds. The van der Waals surface area contributed by atoms with Gasteiger partial charge in [-0.2, -0.15) is 25.6 Å². The van der Waals surface area contributed by atoms with Crippen molar-refractivity contribution in [3.05, 3.63) is 29.3 Å². The van der Waals surface area contributed by atoms with E-state index in [2.05, 4.69) is 27.1 Å². The Labute approximate surface area is 189 Å². The number of aromatic nitrogens is 3. The van der Waals surface area contributed by atoms with Crippen molar-refractivity contribution in [2.24, 2.45) is 5.92 Å². The van der Waals surface area contributed by atoms with Gasteiger partial charge in [0.1, 0.15) is 0 Å². The molecule has 1 aliphatic heterocycles. The first-order chi connectivity index (χ1) is 15.2. The third-order valence-corrected chi connectivity index (χ3v) is 7.43. The second kappa shape index (κ2) is 8.96. The highest BCUT2D eigenvalue weighted by Crippen LogP contribution is 2.37. The molecule has 10 heteroatoms. The molecule has 0 bridgehead atoms. The fourth-order valence-corrected chi connectivity index (χ4v) is 5.83. The summed E-state index contributed by atoms with van der Waals surface area (Å²) in [6.45, 7) is 2.96. The van der Waals surface area contributed by atoms with Gasteiger partial charge in [-0.15, -0.1) is 0 Å². The molecule has 1 aliphatic carbocycles. The lowest BCUT2D eigenvalue weighted by Crippen LogP contribution is -2.49. The summed E-state index contributed by atoms with van der Waals surface area (Å²) in [6.07, 6.45) is 3.50. The first-order valence-electron chi connectivity index (χ1n) is 10.8. The van der Waals surface area contributed by atoms with Crippen LogP contribution in [0.5, 0.6) is 5.88 Å². The van der Waals surface area contributed by atoms with Gasteiger partial charge < -0.3 is 10.1 Å². The van der Waals surface area contributed by atoms with E-state index in [0.29, 0.717) is 25.0 Å². The van der Waals surface area contributed by atoms with Gasteiger partial charge in [0.2, 0.25) is 11.8 Å². The molecular formula is C22H27F3N4O2S. The number of carbonyl (C=O) groups is 1. The van der Waals surface area contributed by atoms with Gasteiger partial charge in [0.05, 0.1) is 11.9 Å². The van der Waals surface area contributed by atoms with Crippen molar-refractivity contribution in [3.8, 4) is 17.1 Å². The average molecular weight is 469 g/mol. The van der Waals surface area contributed by atoms with Crippen LogP contribution in [0.25, 0.3) is 11.3 Å². The Balaban J connectivity index is 1.64. The normalized spacial score (nSPS) is 22.9. The molecule has 1 fully saturated rings. The maximum atomic E-state index is 14.6. The van der Waals surface area contributed by atoms with Crippen LogP contribution in [0.15, 0.2) is 12.3 Å². The topological polar surface area (TPSA) is 69.0 Å². The summed E-state index contributed by atoms with van der Waals surface area (Å²) in [5, 5.41) is 7.86. The van der Waals surface area contributed by atoms with E-state index in [1.54, 1.807) is 0 Å². The molecule has 2 aromatic heterocycles. The highest BCUT2D eigenvalue weighted by atomic mass is 32.2. The number of amides is 1. The lowest BCUT2D eigenvalue weighted by molar-refractivity contribution is -0.127. The number of ether oxygens (including phenoxy) is 1. The zero-order valence-corrected chi connectivity index (χ0v) is 19.1. The molecule has 2 unspecified atom stereocenters. The Kier molecular flexibility index (Phi) is 6.42. The van der Waals surface area contributed by atoms with Crippen LogP contribution in [-0.2, 0) is 17.6 Å². The zero-order valence-electron chi connectivity index (χ0n) is 18.3. The van der Waals surface area contributed by atoms with Gasteiger partial charge in [0, 0.05) is 52.6 Å². The van der Waals surface area contributed by atoms with Crippen LogP contribution in [0.3, 0.4) is 0 Å². The molecule has 2 aliphatic rings. The number of halogens is 3. The SMILES string of the molecule is CC(C)n1nc(-c2cc(OC(F)F)ncc2F)c2c1CC(C(=O)NC1(C)CCSC1)CC2. The Bertz CT molecular complexity index is 1010. The summed E-state index contributed by atoms with van der Waals surface area (Å²) in [6, 6.07) is 1.15. The largest absolute Gasteiger partial charge is 0.417 e. The van der Waals surface area contributed by atoms with E-state index in [4.69, 9.17) is 0 Å². The first-order valence-corrected chi connectivity index (χ1v) is 11.9. The molecule has 0 spiro atoms. The van der Waals surface area contributed by atoms with E-state index >= 15 is 0 Å². The Hall–Kier alpha value is -2.23. The summed E-state index contributed by atoms with van der Waals surface area (Å²) >= 11 is 1.84. The molecule has 0 saturated carbocycles. The van der Waals surface area contributed by atoms with Gasteiger partial charge in [-0.3, -0.25) is 9.48 Å². The maximum Gasteiger partial charge on any atom is 0.388 e. The summed E-state index contributed by atoms with van der Waals surface area (Å²) in [5.74, 6) is 0.793. The van der Waals surface area contributed by atoms with Crippen molar-refractivity contribution < 1.29 is 22.7 Å². The van der Waals surface area contributed by atoms with Crippen LogP contribution in [0.1, 0.15) is 50.9 Å². The van der Waals surface area contributed by atoms with Gasteiger partial charge in [-0.05, 0) is 45.8 Å². The summed E-state index contributed by atoms with van der Waals surface area (Å²) < 4.78 is 46.0.